The van der Waals surface area contributed by atoms with Crippen LogP contribution in [0.25, 0.3) is 0 Å². The monoisotopic (exact) mass is 269 g/mol. The van der Waals surface area contributed by atoms with E-state index in [0.29, 0.717) is 12.8 Å². The fraction of sp³-hybridized carbons (Fsp3) is 0.846. The zero-order valence-corrected chi connectivity index (χ0v) is 11.4. The molecule has 0 bridgehead atoms. The first-order valence-corrected chi connectivity index (χ1v) is 6.98. The Morgan fingerprint density at radius 3 is 2.63 bits per heavy atom. The summed E-state index contributed by atoms with van der Waals surface area (Å²) >= 11 is 0. The van der Waals surface area contributed by atoms with Crippen LogP contribution in [0.5, 0.6) is 0 Å². The van der Waals surface area contributed by atoms with Crippen LogP contribution in [0.2, 0.25) is 0 Å². The Bertz CT molecular complexity index is 355. The van der Waals surface area contributed by atoms with Gasteiger partial charge in [-0.2, -0.15) is 0 Å². The van der Waals surface area contributed by atoms with Gasteiger partial charge in [0.05, 0.1) is 5.41 Å². The van der Waals surface area contributed by atoms with Gasteiger partial charge in [0.2, 0.25) is 0 Å². The number of piperidine rings is 1. The number of amides is 2. The quantitative estimate of drug-likeness (QED) is 0.699. The summed E-state index contributed by atoms with van der Waals surface area (Å²) in [5.41, 5.74) is -0.722. The van der Waals surface area contributed by atoms with E-state index in [2.05, 4.69) is 15.5 Å². The molecule has 0 spiro atoms. The lowest BCUT2D eigenvalue weighted by Crippen LogP contribution is -2.53. The summed E-state index contributed by atoms with van der Waals surface area (Å²) in [6, 6.07) is -0.0752. The first-order chi connectivity index (χ1) is 9.02. The molecular formula is C13H23N3O3. The lowest BCUT2D eigenvalue weighted by molar-refractivity contribution is -0.153. The first-order valence-electron chi connectivity index (χ1n) is 6.98. The smallest absolute Gasteiger partial charge is 0.315 e. The van der Waals surface area contributed by atoms with Crippen molar-refractivity contribution < 1.29 is 14.7 Å². The molecule has 2 fully saturated rings. The van der Waals surface area contributed by atoms with E-state index in [9.17, 15) is 14.7 Å². The average molecular weight is 269 g/mol. The van der Waals surface area contributed by atoms with Gasteiger partial charge in [-0.3, -0.25) is 4.79 Å². The normalized spacial score (nSPS) is 26.3. The molecule has 19 heavy (non-hydrogen) atoms. The Morgan fingerprint density at radius 1 is 1.37 bits per heavy atom. The summed E-state index contributed by atoms with van der Waals surface area (Å²) in [4.78, 5) is 25.2. The Balaban J connectivity index is 1.74. The molecule has 0 radical (unpaired) electrons. The number of hydrogen-bond donors (Lipinski definition) is 3. The van der Waals surface area contributed by atoms with Crippen LogP contribution in [0.4, 0.5) is 4.79 Å². The molecule has 2 rings (SSSR count). The molecule has 6 nitrogen and oxygen atoms in total. The van der Waals surface area contributed by atoms with Crippen molar-refractivity contribution in [2.75, 3.05) is 26.7 Å². The number of likely N-dealkylation sites (N-methyl/N-ethyl adjacent to an activating group) is 1. The molecular weight excluding hydrogens is 246 g/mol. The maximum Gasteiger partial charge on any atom is 0.315 e. The molecule has 2 aliphatic rings. The maximum atomic E-state index is 11.8. The number of urea groups is 1. The SMILES string of the molecule is CN1CCCC(NC(=O)NCC2(C(=O)O)CCC2)C1. The minimum Gasteiger partial charge on any atom is -0.481 e. The summed E-state index contributed by atoms with van der Waals surface area (Å²) < 4.78 is 0. The van der Waals surface area contributed by atoms with Gasteiger partial charge < -0.3 is 20.6 Å². The van der Waals surface area contributed by atoms with Gasteiger partial charge in [-0.05, 0) is 39.3 Å². The molecule has 0 aromatic rings. The van der Waals surface area contributed by atoms with Gasteiger partial charge in [0.1, 0.15) is 0 Å². The number of likely N-dealkylation sites (tertiary alicyclic amines) is 1. The fourth-order valence-corrected chi connectivity index (χ4v) is 2.84. The van der Waals surface area contributed by atoms with Crippen LogP contribution in [0.3, 0.4) is 0 Å². The van der Waals surface area contributed by atoms with Gasteiger partial charge in [0.25, 0.3) is 0 Å². The van der Waals surface area contributed by atoms with Crippen LogP contribution < -0.4 is 10.6 Å². The van der Waals surface area contributed by atoms with Crippen LogP contribution in [-0.4, -0.2) is 54.7 Å². The molecule has 1 heterocycles. The van der Waals surface area contributed by atoms with Crippen molar-refractivity contribution in [1.29, 1.82) is 0 Å². The highest BCUT2D eigenvalue weighted by Gasteiger charge is 2.44. The third-order valence-corrected chi connectivity index (χ3v) is 4.31. The second-order valence-electron chi connectivity index (χ2n) is 5.87. The molecule has 6 heteroatoms. The number of carboxylic acids is 1. The van der Waals surface area contributed by atoms with Crippen molar-refractivity contribution in [3.05, 3.63) is 0 Å². The molecule has 0 aromatic heterocycles. The fourth-order valence-electron chi connectivity index (χ4n) is 2.84. The van der Waals surface area contributed by atoms with Crippen LogP contribution >= 0.6 is 0 Å². The van der Waals surface area contributed by atoms with E-state index in [4.69, 9.17) is 0 Å². The number of aliphatic carboxylic acids is 1. The number of carbonyl (C=O) groups excluding carboxylic acids is 1. The second kappa shape index (κ2) is 5.77. The van der Waals surface area contributed by atoms with E-state index in [0.717, 1.165) is 32.4 Å². The predicted octanol–water partition coefficient (Wildman–Crippen LogP) is 0.635. The molecule has 3 N–H and O–H groups in total. The van der Waals surface area contributed by atoms with E-state index in [-0.39, 0.29) is 18.6 Å². The predicted molar refractivity (Wildman–Crippen MR) is 71.0 cm³/mol. The average Bonchev–Trinajstić information content (AvgIpc) is 2.26. The summed E-state index contributed by atoms with van der Waals surface area (Å²) in [6.45, 7) is 2.16. The largest absolute Gasteiger partial charge is 0.481 e. The van der Waals surface area contributed by atoms with Crippen LogP contribution in [0.15, 0.2) is 0 Å². The molecule has 1 atom stereocenters. The molecule has 0 aromatic carbocycles. The van der Waals surface area contributed by atoms with E-state index in [1.54, 1.807) is 0 Å². The van der Waals surface area contributed by atoms with Crippen LogP contribution in [0.1, 0.15) is 32.1 Å². The van der Waals surface area contributed by atoms with Crippen molar-refractivity contribution in [3.63, 3.8) is 0 Å². The summed E-state index contributed by atoms with van der Waals surface area (Å²) in [5.74, 6) is -0.795. The number of nitrogens with one attached hydrogen (secondary N) is 2. The van der Waals surface area contributed by atoms with Crippen molar-refractivity contribution in [3.8, 4) is 0 Å². The van der Waals surface area contributed by atoms with E-state index >= 15 is 0 Å². The van der Waals surface area contributed by atoms with Gasteiger partial charge in [0.15, 0.2) is 0 Å². The van der Waals surface area contributed by atoms with Gasteiger partial charge in [-0.1, -0.05) is 6.42 Å². The third kappa shape index (κ3) is 3.37. The highest BCUT2D eigenvalue weighted by atomic mass is 16.4. The van der Waals surface area contributed by atoms with Gasteiger partial charge in [0, 0.05) is 19.1 Å². The number of rotatable bonds is 4. The molecule has 2 amide bonds. The van der Waals surface area contributed by atoms with Crippen molar-refractivity contribution in [2.24, 2.45) is 5.41 Å². The van der Waals surface area contributed by atoms with Crippen LogP contribution in [0, 0.1) is 5.41 Å². The Kier molecular flexibility index (Phi) is 4.29. The zero-order valence-electron chi connectivity index (χ0n) is 11.4. The highest BCUT2D eigenvalue weighted by Crippen LogP contribution is 2.40. The van der Waals surface area contributed by atoms with Crippen molar-refractivity contribution in [2.45, 2.75) is 38.1 Å². The van der Waals surface area contributed by atoms with Gasteiger partial charge >= 0.3 is 12.0 Å². The van der Waals surface area contributed by atoms with Crippen LogP contribution in [-0.2, 0) is 4.79 Å². The number of carboxylic acid groups (broad SMARTS) is 1. The van der Waals surface area contributed by atoms with E-state index in [1.807, 2.05) is 7.05 Å². The summed E-state index contributed by atoms with van der Waals surface area (Å²) in [6.07, 6.45) is 4.33. The number of carbonyl (C=O) groups is 2. The molecule has 1 saturated carbocycles. The topological polar surface area (TPSA) is 81.7 Å². The highest BCUT2D eigenvalue weighted by molar-refractivity contribution is 5.79. The summed E-state index contributed by atoms with van der Waals surface area (Å²) in [5, 5.41) is 14.8. The lowest BCUT2D eigenvalue weighted by Gasteiger charge is -2.38. The molecule has 1 aliphatic carbocycles. The Labute approximate surface area is 113 Å². The zero-order chi connectivity index (χ0) is 13.9. The maximum absolute atomic E-state index is 11.8. The Morgan fingerprint density at radius 2 is 2.11 bits per heavy atom. The summed E-state index contributed by atoms with van der Waals surface area (Å²) in [7, 11) is 2.04. The first kappa shape index (κ1) is 14.1. The van der Waals surface area contributed by atoms with E-state index in [1.165, 1.54) is 0 Å². The standard InChI is InChI=1S/C13H23N3O3/c1-16-7-2-4-10(8-16)15-12(19)14-9-13(11(17)18)5-3-6-13/h10H,2-9H2,1H3,(H,17,18)(H2,14,15,19). The molecule has 108 valence electrons. The molecule has 1 aliphatic heterocycles. The van der Waals surface area contributed by atoms with E-state index < -0.39 is 11.4 Å². The third-order valence-electron chi connectivity index (χ3n) is 4.31. The Hall–Kier alpha value is -1.30. The number of nitrogens with zero attached hydrogens (tertiary/aromatic N) is 1. The minimum atomic E-state index is -0.795. The minimum absolute atomic E-state index is 0.168. The number of hydrogen-bond acceptors (Lipinski definition) is 3. The van der Waals surface area contributed by atoms with Crippen molar-refractivity contribution in [1.82, 2.24) is 15.5 Å². The lowest BCUT2D eigenvalue weighted by atomic mass is 9.69. The van der Waals surface area contributed by atoms with Crippen molar-refractivity contribution >= 4 is 12.0 Å². The molecule has 1 unspecified atom stereocenters. The molecule has 1 saturated heterocycles. The second-order valence-corrected chi connectivity index (χ2v) is 5.87. The van der Waals surface area contributed by atoms with Gasteiger partial charge in [-0.15, -0.1) is 0 Å². The van der Waals surface area contributed by atoms with Gasteiger partial charge in [-0.25, -0.2) is 4.79 Å².